The van der Waals surface area contributed by atoms with Gasteiger partial charge in [0.1, 0.15) is 11.3 Å². The minimum absolute atomic E-state index is 0.275. The molecule has 0 spiro atoms. The summed E-state index contributed by atoms with van der Waals surface area (Å²) in [5.41, 5.74) is 9.34. The number of nitrogens with zero attached hydrogens (tertiary/aromatic N) is 2. The monoisotopic (exact) mass is 253 g/mol. The van der Waals surface area contributed by atoms with Gasteiger partial charge in [0.2, 0.25) is 5.95 Å². The summed E-state index contributed by atoms with van der Waals surface area (Å²) < 4.78 is 5.94. The summed E-state index contributed by atoms with van der Waals surface area (Å²) >= 11 is 0. The van der Waals surface area contributed by atoms with E-state index in [0.717, 1.165) is 40.1 Å². The molecule has 0 amide bonds. The molecule has 0 unspecified atom stereocenters. The summed E-state index contributed by atoms with van der Waals surface area (Å²) in [6.45, 7) is 4.01. The Bertz CT molecular complexity index is 726. The van der Waals surface area contributed by atoms with E-state index in [0.29, 0.717) is 0 Å². The lowest BCUT2D eigenvalue weighted by Gasteiger charge is -2.02. The van der Waals surface area contributed by atoms with Crippen LogP contribution in [0.1, 0.15) is 18.2 Å². The first kappa shape index (κ1) is 11.7. The van der Waals surface area contributed by atoms with E-state index in [9.17, 15) is 0 Å². The molecule has 0 aliphatic carbocycles. The molecule has 19 heavy (non-hydrogen) atoms. The van der Waals surface area contributed by atoms with Crippen LogP contribution in [0, 0.1) is 6.92 Å². The van der Waals surface area contributed by atoms with Crippen molar-refractivity contribution in [1.82, 2.24) is 9.97 Å². The molecule has 0 radical (unpaired) electrons. The molecule has 3 aromatic rings. The SMILES string of the molecule is CCc1c(-c2cc(C)nc(N)n2)oc2ccccc12. The first-order chi connectivity index (χ1) is 9.19. The van der Waals surface area contributed by atoms with Crippen molar-refractivity contribution in [2.45, 2.75) is 20.3 Å². The second kappa shape index (κ2) is 4.39. The Morgan fingerprint density at radius 3 is 2.74 bits per heavy atom. The molecular weight excluding hydrogens is 238 g/mol. The fraction of sp³-hybridized carbons (Fsp3) is 0.200. The van der Waals surface area contributed by atoms with Gasteiger partial charge in [0.25, 0.3) is 0 Å². The quantitative estimate of drug-likeness (QED) is 0.760. The van der Waals surface area contributed by atoms with Crippen LogP contribution in [0.2, 0.25) is 0 Å². The third-order valence-corrected chi connectivity index (χ3v) is 3.16. The Balaban J connectivity index is 2.29. The highest BCUT2D eigenvalue weighted by Gasteiger charge is 2.16. The van der Waals surface area contributed by atoms with E-state index in [1.807, 2.05) is 31.2 Å². The van der Waals surface area contributed by atoms with E-state index in [1.54, 1.807) is 0 Å². The smallest absolute Gasteiger partial charge is 0.220 e. The molecule has 0 saturated heterocycles. The molecule has 0 fully saturated rings. The van der Waals surface area contributed by atoms with Crippen molar-refractivity contribution in [1.29, 1.82) is 0 Å². The van der Waals surface area contributed by atoms with Crippen molar-refractivity contribution in [2.24, 2.45) is 0 Å². The zero-order chi connectivity index (χ0) is 13.4. The van der Waals surface area contributed by atoms with Crippen LogP contribution in [-0.4, -0.2) is 9.97 Å². The molecule has 0 atom stereocenters. The Morgan fingerprint density at radius 1 is 1.21 bits per heavy atom. The lowest BCUT2D eigenvalue weighted by molar-refractivity contribution is 0.624. The molecule has 0 aliphatic rings. The highest BCUT2D eigenvalue weighted by molar-refractivity contribution is 5.87. The van der Waals surface area contributed by atoms with Crippen LogP contribution >= 0.6 is 0 Å². The third-order valence-electron chi connectivity index (χ3n) is 3.16. The standard InChI is InChI=1S/C15H15N3O/c1-3-10-11-6-4-5-7-13(11)19-14(10)12-8-9(2)17-15(16)18-12/h4-8H,3H2,1-2H3,(H2,16,17,18). The molecule has 0 aliphatic heterocycles. The lowest BCUT2D eigenvalue weighted by Crippen LogP contribution is -1.98. The Labute approximate surface area is 111 Å². The maximum Gasteiger partial charge on any atom is 0.220 e. The molecule has 0 bridgehead atoms. The molecule has 2 aromatic heterocycles. The molecule has 2 N–H and O–H groups in total. The van der Waals surface area contributed by atoms with Gasteiger partial charge in [0.05, 0.1) is 0 Å². The number of aryl methyl sites for hydroxylation is 2. The topological polar surface area (TPSA) is 64.9 Å². The van der Waals surface area contributed by atoms with Gasteiger partial charge in [0.15, 0.2) is 5.76 Å². The largest absolute Gasteiger partial charge is 0.454 e. The average molecular weight is 253 g/mol. The van der Waals surface area contributed by atoms with Crippen molar-refractivity contribution in [3.63, 3.8) is 0 Å². The zero-order valence-electron chi connectivity index (χ0n) is 11.0. The Hall–Kier alpha value is -2.36. The molecule has 0 saturated carbocycles. The number of furan rings is 1. The van der Waals surface area contributed by atoms with Gasteiger partial charge in [-0.25, -0.2) is 9.97 Å². The van der Waals surface area contributed by atoms with E-state index >= 15 is 0 Å². The second-order valence-electron chi connectivity index (χ2n) is 4.51. The van der Waals surface area contributed by atoms with Gasteiger partial charge >= 0.3 is 0 Å². The highest BCUT2D eigenvalue weighted by atomic mass is 16.3. The van der Waals surface area contributed by atoms with Gasteiger partial charge in [0, 0.05) is 16.6 Å². The number of nitrogen functional groups attached to an aromatic ring is 1. The number of fused-ring (bicyclic) bond motifs is 1. The fourth-order valence-electron chi connectivity index (χ4n) is 2.36. The first-order valence-corrected chi connectivity index (χ1v) is 6.31. The highest BCUT2D eigenvalue weighted by Crippen LogP contribution is 2.33. The summed E-state index contributed by atoms with van der Waals surface area (Å²) in [6, 6.07) is 9.91. The second-order valence-corrected chi connectivity index (χ2v) is 4.51. The van der Waals surface area contributed by atoms with E-state index in [-0.39, 0.29) is 5.95 Å². The maximum absolute atomic E-state index is 5.94. The Kier molecular flexibility index (Phi) is 2.71. The lowest BCUT2D eigenvalue weighted by atomic mass is 10.1. The number of nitrogens with two attached hydrogens (primary N) is 1. The average Bonchev–Trinajstić information content (AvgIpc) is 2.76. The summed E-state index contributed by atoms with van der Waals surface area (Å²) in [5, 5.41) is 1.13. The number of aromatic nitrogens is 2. The molecule has 96 valence electrons. The van der Waals surface area contributed by atoms with Crippen LogP contribution in [-0.2, 0) is 6.42 Å². The van der Waals surface area contributed by atoms with Gasteiger partial charge in [-0.2, -0.15) is 0 Å². The maximum atomic E-state index is 5.94. The van der Waals surface area contributed by atoms with Crippen molar-refractivity contribution >= 4 is 16.9 Å². The Morgan fingerprint density at radius 2 is 2.00 bits per heavy atom. The first-order valence-electron chi connectivity index (χ1n) is 6.31. The van der Waals surface area contributed by atoms with Crippen LogP contribution < -0.4 is 5.73 Å². The number of benzene rings is 1. The van der Waals surface area contributed by atoms with E-state index in [1.165, 1.54) is 0 Å². The fourth-order valence-corrected chi connectivity index (χ4v) is 2.36. The number of anilines is 1. The summed E-state index contributed by atoms with van der Waals surface area (Å²) in [6.07, 6.45) is 0.884. The summed E-state index contributed by atoms with van der Waals surface area (Å²) in [5.74, 6) is 1.07. The minimum atomic E-state index is 0.275. The normalized spacial score (nSPS) is 11.1. The molecule has 4 heteroatoms. The predicted molar refractivity (Wildman–Crippen MR) is 75.8 cm³/mol. The predicted octanol–water partition coefficient (Wildman–Crippen LogP) is 3.34. The van der Waals surface area contributed by atoms with Gasteiger partial charge < -0.3 is 10.2 Å². The van der Waals surface area contributed by atoms with Crippen molar-refractivity contribution < 1.29 is 4.42 Å². The van der Waals surface area contributed by atoms with Gasteiger partial charge in [-0.15, -0.1) is 0 Å². The van der Waals surface area contributed by atoms with Crippen LogP contribution in [0.25, 0.3) is 22.4 Å². The third kappa shape index (κ3) is 1.95. The molecule has 3 rings (SSSR count). The zero-order valence-corrected chi connectivity index (χ0v) is 11.0. The van der Waals surface area contributed by atoms with Gasteiger partial charge in [-0.3, -0.25) is 0 Å². The molecule has 2 heterocycles. The van der Waals surface area contributed by atoms with Crippen molar-refractivity contribution in [3.05, 3.63) is 41.6 Å². The van der Waals surface area contributed by atoms with Crippen LogP contribution in [0.4, 0.5) is 5.95 Å². The number of hydrogen-bond donors (Lipinski definition) is 1. The summed E-state index contributed by atoms with van der Waals surface area (Å²) in [4.78, 5) is 8.38. The van der Waals surface area contributed by atoms with Crippen LogP contribution in [0.15, 0.2) is 34.7 Å². The molecule has 4 nitrogen and oxygen atoms in total. The van der Waals surface area contributed by atoms with E-state index in [4.69, 9.17) is 10.2 Å². The number of rotatable bonds is 2. The van der Waals surface area contributed by atoms with Crippen molar-refractivity contribution in [2.75, 3.05) is 5.73 Å². The van der Waals surface area contributed by atoms with E-state index in [2.05, 4.69) is 23.0 Å². The van der Waals surface area contributed by atoms with Crippen molar-refractivity contribution in [3.8, 4) is 11.5 Å². The summed E-state index contributed by atoms with van der Waals surface area (Å²) in [7, 11) is 0. The molecular formula is C15H15N3O. The van der Waals surface area contributed by atoms with Crippen LogP contribution in [0.3, 0.4) is 0 Å². The van der Waals surface area contributed by atoms with Gasteiger partial charge in [-0.05, 0) is 25.5 Å². The molecule has 1 aromatic carbocycles. The number of para-hydroxylation sites is 1. The van der Waals surface area contributed by atoms with E-state index < -0.39 is 0 Å². The van der Waals surface area contributed by atoms with Crippen LogP contribution in [0.5, 0.6) is 0 Å². The number of hydrogen-bond acceptors (Lipinski definition) is 4. The minimum Gasteiger partial charge on any atom is -0.454 e. The van der Waals surface area contributed by atoms with Gasteiger partial charge in [-0.1, -0.05) is 25.1 Å².